The lowest BCUT2D eigenvalue weighted by Gasteiger charge is -2.46. The van der Waals surface area contributed by atoms with E-state index < -0.39 is 0 Å². The van der Waals surface area contributed by atoms with Gasteiger partial charge in [0.15, 0.2) is 0 Å². The zero-order valence-electron chi connectivity index (χ0n) is 16.8. The van der Waals surface area contributed by atoms with Crippen LogP contribution in [-0.4, -0.2) is 54.2 Å². The van der Waals surface area contributed by atoms with Crippen LogP contribution in [0.15, 0.2) is 30.3 Å². The highest BCUT2D eigenvalue weighted by Crippen LogP contribution is 2.42. The van der Waals surface area contributed by atoms with E-state index in [-0.39, 0.29) is 11.5 Å². The summed E-state index contributed by atoms with van der Waals surface area (Å²) in [6, 6.07) is 13.9. The maximum absolute atomic E-state index is 12.2. The lowest BCUT2D eigenvalue weighted by molar-refractivity contribution is 0.0482. The molecule has 1 aromatic carbocycles. The third-order valence-corrected chi connectivity index (χ3v) is 7.17. The second kappa shape index (κ2) is 8.13. The summed E-state index contributed by atoms with van der Waals surface area (Å²) in [5.41, 5.74) is 0.835. The highest BCUT2D eigenvalue weighted by Gasteiger charge is 2.46. The summed E-state index contributed by atoms with van der Waals surface area (Å²) < 4.78 is 5.24. The van der Waals surface area contributed by atoms with Gasteiger partial charge in [-0.2, -0.15) is 5.26 Å². The highest BCUT2D eigenvalue weighted by molar-refractivity contribution is 5.68. The fourth-order valence-electron chi connectivity index (χ4n) is 5.68. The van der Waals surface area contributed by atoms with Crippen LogP contribution in [0.3, 0.4) is 0 Å². The molecule has 150 valence electrons. The largest absolute Gasteiger partial charge is 0.450 e. The Morgan fingerprint density at radius 1 is 1.21 bits per heavy atom. The van der Waals surface area contributed by atoms with Crippen molar-refractivity contribution < 1.29 is 9.53 Å². The Labute approximate surface area is 168 Å². The van der Waals surface area contributed by atoms with Crippen LogP contribution in [0.1, 0.15) is 51.0 Å². The number of piperidine rings is 1. The van der Waals surface area contributed by atoms with Crippen LogP contribution in [0.2, 0.25) is 0 Å². The molecule has 1 aromatic rings. The van der Waals surface area contributed by atoms with Crippen LogP contribution < -0.4 is 0 Å². The van der Waals surface area contributed by atoms with Gasteiger partial charge in [-0.05, 0) is 63.5 Å². The Hall–Kier alpha value is -2.06. The maximum atomic E-state index is 12.2. The van der Waals surface area contributed by atoms with Crippen LogP contribution in [0, 0.1) is 17.2 Å². The van der Waals surface area contributed by atoms with E-state index in [9.17, 15) is 10.1 Å². The first-order valence-electron chi connectivity index (χ1n) is 10.8. The molecule has 0 aromatic heterocycles. The molecular weight excluding hydrogens is 350 g/mol. The summed E-state index contributed by atoms with van der Waals surface area (Å²) in [4.78, 5) is 16.8. The second-order valence-electron chi connectivity index (χ2n) is 8.60. The molecule has 3 aliphatic rings. The number of hydrogen-bond donors (Lipinski definition) is 0. The minimum atomic E-state index is -0.334. The summed E-state index contributed by atoms with van der Waals surface area (Å²) in [6.45, 7) is 5.05. The molecule has 0 bridgehead atoms. The third kappa shape index (κ3) is 3.51. The van der Waals surface area contributed by atoms with Crippen LogP contribution in [0.25, 0.3) is 0 Å². The lowest BCUT2D eigenvalue weighted by Crippen LogP contribution is -2.52. The monoisotopic (exact) mass is 381 g/mol. The number of nitrogens with zero attached hydrogens (tertiary/aromatic N) is 3. The van der Waals surface area contributed by atoms with Crippen molar-refractivity contribution >= 4 is 6.09 Å². The van der Waals surface area contributed by atoms with Gasteiger partial charge in [0.2, 0.25) is 0 Å². The molecule has 1 amide bonds. The molecule has 1 saturated carbocycles. The summed E-state index contributed by atoms with van der Waals surface area (Å²) in [6.07, 6.45) is 6.22. The van der Waals surface area contributed by atoms with Gasteiger partial charge in [0.25, 0.3) is 0 Å². The Morgan fingerprint density at radius 3 is 2.64 bits per heavy atom. The molecule has 2 heterocycles. The first-order valence-corrected chi connectivity index (χ1v) is 10.8. The second-order valence-corrected chi connectivity index (χ2v) is 8.60. The average Bonchev–Trinajstić information content (AvgIpc) is 3.19. The molecule has 2 aliphatic heterocycles. The van der Waals surface area contributed by atoms with Gasteiger partial charge in [0.05, 0.1) is 18.1 Å². The first kappa shape index (κ1) is 19.3. The van der Waals surface area contributed by atoms with Crippen molar-refractivity contribution in [3.63, 3.8) is 0 Å². The van der Waals surface area contributed by atoms with Crippen LogP contribution >= 0.6 is 0 Å². The average molecular weight is 382 g/mol. The van der Waals surface area contributed by atoms with E-state index in [4.69, 9.17) is 4.74 Å². The topological polar surface area (TPSA) is 56.6 Å². The molecule has 0 N–H and O–H groups in total. The van der Waals surface area contributed by atoms with E-state index in [2.05, 4.69) is 23.1 Å². The van der Waals surface area contributed by atoms with Crippen molar-refractivity contribution in [2.45, 2.75) is 62.9 Å². The standard InChI is InChI=1S/C23H31N3O2/c1-2-28-22(27)25-15-18-7-6-14-26(21(18)16-25)20-10-12-23(17-24,13-11-20)19-8-4-3-5-9-19/h3-5,8-9,18,20-21H,2,6-7,10-16H2,1H3/t18?,20?,21-,23?/m1/s1. The van der Waals surface area contributed by atoms with Gasteiger partial charge in [0, 0.05) is 25.2 Å². The molecule has 2 saturated heterocycles. The highest BCUT2D eigenvalue weighted by atomic mass is 16.6. The van der Waals surface area contributed by atoms with E-state index >= 15 is 0 Å². The van der Waals surface area contributed by atoms with Gasteiger partial charge in [-0.1, -0.05) is 30.3 Å². The minimum Gasteiger partial charge on any atom is -0.450 e. The van der Waals surface area contributed by atoms with E-state index in [1.165, 1.54) is 18.4 Å². The zero-order chi connectivity index (χ0) is 19.6. The number of carbonyl (C=O) groups excluding carboxylic acids is 1. The smallest absolute Gasteiger partial charge is 0.409 e. The molecule has 0 spiro atoms. The fourth-order valence-corrected chi connectivity index (χ4v) is 5.68. The molecule has 1 aliphatic carbocycles. The molecular formula is C23H31N3O2. The summed E-state index contributed by atoms with van der Waals surface area (Å²) in [7, 11) is 0. The SMILES string of the molecule is CCOC(=O)N1CC2CCCN(C3CCC(C#N)(c4ccccc4)CC3)[C@@H]2C1. The lowest BCUT2D eigenvalue weighted by atomic mass is 9.68. The van der Waals surface area contributed by atoms with Crippen molar-refractivity contribution in [2.75, 3.05) is 26.2 Å². The van der Waals surface area contributed by atoms with E-state index in [1.807, 2.05) is 30.0 Å². The first-order chi connectivity index (χ1) is 13.7. The van der Waals surface area contributed by atoms with Crippen LogP contribution in [-0.2, 0) is 10.2 Å². The van der Waals surface area contributed by atoms with Crippen molar-refractivity contribution in [3.05, 3.63) is 35.9 Å². The minimum absolute atomic E-state index is 0.159. The van der Waals surface area contributed by atoms with Crippen molar-refractivity contribution in [3.8, 4) is 6.07 Å². The molecule has 2 atom stereocenters. The van der Waals surface area contributed by atoms with Crippen LogP contribution in [0.4, 0.5) is 4.79 Å². The molecule has 3 fully saturated rings. The van der Waals surface area contributed by atoms with Gasteiger partial charge in [-0.15, -0.1) is 0 Å². The number of benzene rings is 1. The number of carbonyl (C=O) groups is 1. The van der Waals surface area contributed by atoms with Crippen molar-refractivity contribution in [1.29, 1.82) is 5.26 Å². The van der Waals surface area contributed by atoms with Crippen molar-refractivity contribution in [1.82, 2.24) is 9.80 Å². The quantitative estimate of drug-likeness (QED) is 0.796. The molecule has 5 heteroatoms. The summed E-state index contributed by atoms with van der Waals surface area (Å²) in [5, 5.41) is 9.97. The predicted octanol–water partition coefficient (Wildman–Crippen LogP) is 3.94. The van der Waals surface area contributed by atoms with Crippen molar-refractivity contribution in [2.24, 2.45) is 5.92 Å². The molecule has 4 rings (SSSR count). The Kier molecular flexibility index (Phi) is 5.59. The number of hydrogen-bond acceptors (Lipinski definition) is 4. The Bertz CT molecular complexity index is 721. The maximum Gasteiger partial charge on any atom is 0.409 e. The van der Waals surface area contributed by atoms with Gasteiger partial charge in [-0.25, -0.2) is 4.79 Å². The fraction of sp³-hybridized carbons (Fsp3) is 0.652. The molecule has 28 heavy (non-hydrogen) atoms. The number of nitriles is 1. The molecule has 5 nitrogen and oxygen atoms in total. The summed E-state index contributed by atoms with van der Waals surface area (Å²) >= 11 is 0. The predicted molar refractivity (Wildman–Crippen MR) is 108 cm³/mol. The van der Waals surface area contributed by atoms with Gasteiger partial charge >= 0.3 is 6.09 Å². The van der Waals surface area contributed by atoms with E-state index in [1.54, 1.807) is 0 Å². The normalized spacial score (nSPS) is 33.1. The molecule has 1 unspecified atom stereocenters. The number of amides is 1. The number of ether oxygens (including phenoxy) is 1. The molecule has 0 radical (unpaired) electrons. The van der Waals surface area contributed by atoms with Gasteiger partial charge in [-0.3, -0.25) is 4.90 Å². The number of fused-ring (bicyclic) bond motifs is 1. The van der Waals surface area contributed by atoms with Gasteiger partial charge < -0.3 is 9.64 Å². The number of rotatable bonds is 3. The van der Waals surface area contributed by atoms with E-state index in [0.717, 1.165) is 45.3 Å². The van der Waals surface area contributed by atoms with E-state index in [0.29, 0.717) is 24.6 Å². The zero-order valence-corrected chi connectivity index (χ0v) is 16.8. The number of likely N-dealkylation sites (tertiary alicyclic amines) is 2. The Morgan fingerprint density at radius 2 is 1.96 bits per heavy atom. The van der Waals surface area contributed by atoms with Gasteiger partial charge in [0.1, 0.15) is 0 Å². The third-order valence-electron chi connectivity index (χ3n) is 7.17. The summed E-state index contributed by atoms with van der Waals surface area (Å²) in [5.74, 6) is 0.565. The Balaban J connectivity index is 1.43. The van der Waals surface area contributed by atoms with Crippen LogP contribution in [0.5, 0.6) is 0 Å².